The molecule has 3 nitrogen and oxygen atoms in total. The summed E-state index contributed by atoms with van der Waals surface area (Å²) in [6.07, 6.45) is 0. The molecule has 0 bridgehead atoms. The third-order valence-electron chi connectivity index (χ3n) is 3.00. The van der Waals surface area contributed by atoms with E-state index in [4.69, 9.17) is 17.3 Å². The van der Waals surface area contributed by atoms with Crippen LogP contribution in [0.4, 0.5) is 5.13 Å². The number of hydrogen-bond donors (Lipinski definition) is 1. The fourth-order valence-electron chi connectivity index (χ4n) is 2.01. The molecular weight excluding hydrogens is 304 g/mol. The van der Waals surface area contributed by atoms with Crippen LogP contribution in [-0.4, -0.2) is 10.8 Å². The second-order valence-electron chi connectivity index (χ2n) is 4.43. The minimum atomic E-state index is -0.154. The molecule has 0 atom stereocenters. The van der Waals surface area contributed by atoms with Crippen LogP contribution in [0.5, 0.6) is 0 Å². The summed E-state index contributed by atoms with van der Waals surface area (Å²) in [6, 6.07) is 16.4. The summed E-state index contributed by atoms with van der Waals surface area (Å²) in [5, 5.41) is 0.971. The number of rotatable bonds is 3. The smallest absolute Gasteiger partial charge is 0.212 e. The SMILES string of the molecule is Nc1nc(C(=O)c2ccc(Cl)cc2)c(-c2ccccc2)s1. The molecule has 2 aromatic carbocycles. The molecule has 3 rings (SSSR count). The van der Waals surface area contributed by atoms with Crippen molar-refractivity contribution in [2.24, 2.45) is 0 Å². The second kappa shape index (κ2) is 5.68. The number of nitrogen functional groups attached to an aromatic ring is 1. The normalized spacial score (nSPS) is 10.5. The van der Waals surface area contributed by atoms with Gasteiger partial charge < -0.3 is 5.73 Å². The van der Waals surface area contributed by atoms with Gasteiger partial charge in [0.2, 0.25) is 5.78 Å². The van der Waals surface area contributed by atoms with Gasteiger partial charge in [-0.05, 0) is 29.8 Å². The number of hydrogen-bond acceptors (Lipinski definition) is 4. The largest absolute Gasteiger partial charge is 0.375 e. The summed E-state index contributed by atoms with van der Waals surface area (Å²) in [5.41, 5.74) is 7.65. The predicted octanol–water partition coefficient (Wildman–Crippen LogP) is 4.28. The lowest BCUT2D eigenvalue weighted by Crippen LogP contribution is -2.03. The highest BCUT2D eigenvalue weighted by molar-refractivity contribution is 7.19. The number of benzene rings is 2. The highest BCUT2D eigenvalue weighted by atomic mass is 35.5. The van der Waals surface area contributed by atoms with Gasteiger partial charge in [0.25, 0.3) is 0 Å². The minimum Gasteiger partial charge on any atom is -0.375 e. The van der Waals surface area contributed by atoms with Crippen molar-refractivity contribution in [3.63, 3.8) is 0 Å². The van der Waals surface area contributed by atoms with Crippen LogP contribution in [-0.2, 0) is 0 Å². The highest BCUT2D eigenvalue weighted by Crippen LogP contribution is 2.33. The van der Waals surface area contributed by atoms with Crippen LogP contribution in [0.15, 0.2) is 54.6 Å². The van der Waals surface area contributed by atoms with Crippen molar-refractivity contribution in [1.82, 2.24) is 4.98 Å². The summed E-state index contributed by atoms with van der Waals surface area (Å²) in [5.74, 6) is -0.154. The van der Waals surface area contributed by atoms with Crippen LogP contribution in [0.3, 0.4) is 0 Å². The topological polar surface area (TPSA) is 56.0 Å². The van der Waals surface area contributed by atoms with Crippen LogP contribution in [0, 0.1) is 0 Å². The Balaban J connectivity index is 2.07. The molecule has 0 amide bonds. The van der Waals surface area contributed by atoms with E-state index in [1.165, 1.54) is 11.3 Å². The van der Waals surface area contributed by atoms with Gasteiger partial charge in [-0.3, -0.25) is 4.79 Å². The molecule has 0 saturated carbocycles. The molecular formula is C16H11ClN2OS. The van der Waals surface area contributed by atoms with Crippen molar-refractivity contribution in [2.75, 3.05) is 5.73 Å². The Labute approximate surface area is 131 Å². The van der Waals surface area contributed by atoms with E-state index in [2.05, 4.69) is 4.98 Å². The molecule has 21 heavy (non-hydrogen) atoms. The lowest BCUT2D eigenvalue weighted by Gasteiger charge is -2.02. The quantitative estimate of drug-likeness (QED) is 0.734. The van der Waals surface area contributed by atoms with Crippen molar-refractivity contribution in [3.05, 3.63) is 70.9 Å². The average molecular weight is 315 g/mol. The van der Waals surface area contributed by atoms with Crippen LogP contribution in [0.25, 0.3) is 10.4 Å². The average Bonchev–Trinajstić information content (AvgIpc) is 2.90. The Bertz CT molecular complexity index is 782. The summed E-state index contributed by atoms with van der Waals surface area (Å²) in [7, 11) is 0. The van der Waals surface area contributed by atoms with E-state index in [9.17, 15) is 4.79 Å². The van der Waals surface area contributed by atoms with E-state index >= 15 is 0 Å². The first-order chi connectivity index (χ1) is 10.1. The van der Waals surface area contributed by atoms with Crippen molar-refractivity contribution in [2.45, 2.75) is 0 Å². The number of anilines is 1. The van der Waals surface area contributed by atoms with Gasteiger partial charge in [0.05, 0.1) is 4.88 Å². The Hall–Kier alpha value is -2.17. The maximum absolute atomic E-state index is 12.6. The monoisotopic (exact) mass is 314 g/mol. The standard InChI is InChI=1S/C16H11ClN2OS/c17-12-8-6-10(7-9-12)14(20)13-15(21-16(18)19-13)11-4-2-1-3-5-11/h1-9H,(H2,18,19). The lowest BCUT2D eigenvalue weighted by atomic mass is 10.0. The fourth-order valence-corrected chi connectivity index (χ4v) is 2.97. The third kappa shape index (κ3) is 2.82. The summed E-state index contributed by atoms with van der Waals surface area (Å²) in [4.78, 5) is 17.6. The van der Waals surface area contributed by atoms with Gasteiger partial charge in [-0.1, -0.05) is 53.3 Å². The number of carbonyl (C=O) groups is 1. The van der Waals surface area contributed by atoms with E-state index in [1.807, 2.05) is 30.3 Å². The van der Waals surface area contributed by atoms with Gasteiger partial charge in [0.15, 0.2) is 5.13 Å². The molecule has 0 fully saturated rings. The van der Waals surface area contributed by atoms with Crippen LogP contribution in [0.2, 0.25) is 5.02 Å². The van der Waals surface area contributed by atoms with Crippen molar-refractivity contribution in [1.29, 1.82) is 0 Å². The molecule has 0 unspecified atom stereocenters. The molecule has 2 N–H and O–H groups in total. The Morgan fingerprint density at radius 1 is 1.05 bits per heavy atom. The molecule has 0 aliphatic heterocycles. The van der Waals surface area contributed by atoms with Crippen LogP contribution in [0.1, 0.15) is 16.1 Å². The van der Waals surface area contributed by atoms with Crippen LogP contribution >= 0.6 is 22.9 Å². The van der Waals surface area contributed by atoms with E-state index in [0.29, 0.717) is 21.4 Å². The van der Waals surface area contributed by atoms with E-state index in [-0.39, 0.29) is 5.78 Å². The Morgan fingerprint density at radius 2 is 1.71 bits per heavy atom. The van der Waals surface area contributed by atoms with E-state index in [0.717, 1.165) is 10.4 Å². The number of nitrogens with two attached hydrogens (primary N) is 1. The fraction of sp³-hybridized carbons (Fsp3) is 0. The predicted molar refractivity (Wildman–Crippen MR) is 86.8 cm³/mol. The number of carbonyl (C=O) groups excluding carboxylic acids is 1. The Kier molecular flexibility index (Phi) is 3.73. The van der Waals surface area contributed by atoms with Gasteiger partial charge in [-0.25, -0.2) is 4.98 Å². The third-order valence-corrected chi connectivity index (χ3v) is 4.19. The summed E-state index contributed by atoms with van der Waals surface area (Å²) >= 11 is 7.16. The number of nitrogens with zero attached hydrogens (tertiary/aromatic N) is 1. The lowest BCUT2D eigenvalue weighted by molar-refractivity contribution is 0.103. The molecule has 104 valence electrons. The van der Waals surface area contributed by atoms with Crippen molar-refractivity contribution < 1.29 is 4.79 Å². The molecule has 0 radical (unpaired) electrons. The van der Waals surface area contributed by atoms with E-state index in [1.54, 1.807) is 24.3 Å². The van der Waals surface area contributed by atoms with Gasteiger partial charge in [-0.15, -0.1) is 0 Å². The molecule has 0 aliphatic carbocycles. The van der Waals surface area contributed by atoms with Gasteiger partial charge in [0, 0.05) is 10.6 Å². The van der Waals surface area contributed by atoms with Gasteiger partial charge in [-0.2, -0.15) is 0 Å². The summed E-state index contributed by atoms with van der Waals surface area (Å²) < 4.78 is 0. The van der Waals surface area contributed by atoms with Crippen molar-refractivity contribution in [3.8, 4) is 10.4 Å². The minimum absolute atomic E-state index is 0.154. The number of ketones is 1. The summed E-state index contributed by atoms with van der Waals surface area (Å²) in [6.45, 7) is 0. The zero-order valence-corrected chi connectivity index (χ0v) is 12.5. The first-order valence-corrected chi connectivity index (χ1v) is 7.46. The maximum atomic E-state index is 12.6. The zero-order chi connectivity index (χ0) is 14.8. The molecule has 3 aromatic rings. The molecule has 1 aromatic heterocycles. The molecule has 1 heterocycles. The van der Waals surface area contributed by atoms with Gasteiger partial charge >= 0.3 is 0 Å². The second-order valence-corrected chi connectivity index (χ2v) is 5.90. The van der Waals surface area contributed by atoms with Gasteiger partial charge in [0.1, 0.15) is 5.69 Å². The zero-order valence-electron chi connectivity index (χ0n) is 10.9. The first-order valence-electron chi connectivity index (χ1n) is 6.27. The van der Waals surface area contributed by atoms with Crippen LogP contribution < -0.4 is 5.73 Å². The van der Waals surface area contributed by atoms with E-state index < -0.39 is 0 Å². The number of halogens is 1. The highest BCUT2D eigenvalue weighted by Gasteiger charge is 2.19. The Morgan fingerprint density at radius 3 is 2.38 bits per heavy atom. The molecule has 5 heteroatoms. The molecule has 0 spiro atoms. The first kappa shape index (κ1) is 13.8. The molecule has 0 saturated heterocycles. The molecule has 0 aliphatic rings. The maximum Gasteiger partial charge on any atom is 0.212 e. The van der Waals surface area contributed by atoms with Crippen molar-refractivity contribution >= 4 is 33.9 Å². The number of thiazole rings is 1. The number of aromatic nitrogens is 1.